The lowest BCUT2D eigenvalue weighted by atomic mass is 9.97. The van der Waals surface area contributed by atoms with Gasteiger partial charge in [0, 0.05) is 11.1 Å². The van der Waals surface area contributed by atoms with E-state index in [0.29, 0.717) is 11.1 Å². The number of nitriles is 1. The molecule has 3 aromatic rings. The average molecular weight is 356 g/mol. The van der Waals surface area contributed by atoms with Crippen LogP contribution in [0.15, 0.2) is 48.5 Å². The third-order valence-corrected chi connectivity index (χ3v) is 5.08. The first kappa shape index (κ1) is 17.2. The molecule has 0 N–H and O–H groups in total. The highest BCUT2D eigenvalue weighted by atomic mass is 16.5. The third kappa shape index (κ3) is 3.54. The van der Waals surface area contributed by atoms with Crippen molar-refractivity contribution in [1.82, 2.24) is 4.98 Å². The molecule has 0 unspecified atom stereocenters. The number of pyridine rings is 1. The van der Waals surface area contributed by atoms with Gasteiger partial charge in [-0.2, -0.15) is 5.26 Å². The fraction of sp³-hybridized carbons (Fsp3) is 0.261. The number of carbonyl (C=O) groups is 1. The maximum absolute atomic E-state index is 13.0. The summed E-state index contributed by atoms with van der Waals surface area (Å²) in [6.07, 6.45) is 5.12. The van der Waals surface area contributed by atoms with E-state index in [4.69, 9.17) is 15.0 Å². The topological polar surface area (TPSA) is 63.0 Å². The van der Waals surface area contributed by atoms with Gasteiger partial charge in [-0.1, -0.05) is 36.8 Å². The van der Waals surface area contributed by atoms with Gasteiger partial charge in [-0.05, 0) is 55.0 Å². The summed E-state index contributed by atoms with van der Waals surface area (Å²) in [5.74, 6) is -0.295. The summed E-state index contributed by atoms with van der Waals surface area (Å²) in [6.45, 7) is 0.190. The van der Waals surface area contributed by atoms with Gasteiger partial charge in [0.25, 0.3) is 0 Å². The maximum Gasteiger partial charge on any atom is 0.339 e. The Morgan fingerprint density at radius 3 is 2.63 bits per heavy atom. The molecule has 0 amide bonds. The van der Waals surface area contributed by atoms with Crippen LogP contribution in [0, 0.1) is 11.3 Å². The van der Waals surface area contributed by atoms with Gasteiger partial charge in [-0.3, -0.25) is 4.98 Å². The van der Waals surface area contributed by atoms with E-state index in [1.807, 2.05) is 36.4 Å². The fourth-order valence-electron chi connectivity index (χ4n) is 3.68. The molecule has 0 spiro atoms. The van der Waals surface area contributed by atoms with Gasteiger partial charge in [-0.25, -0.2) is 4.79 Å². The van der Waals surface area contributed by atoms with E-state index in [-0.39, 0.29) is 12.6 Å². The van der Waals surface area contributed by atoms with Gasteiger partial charge in [0.1, 0.15) is 6.61 Å². The summed E-state index contributed by atoms with van der Waals surface area (Å²) >= 11 is 0. The van der Waals surface area contributed by atoms with Crippen molar-refractivity contribution >= 4 is 16.9 Å². The monoisotopic (exact) mass is 356 g/mol. The number of ether oxygens (including phenoxy) is 1. The molecule has 4 nitrogen and oxygen atoms in total. The summed E-state index contributed by atoms with van der Waals surface area (Å²) in [6, 6.07) is 17.0. The summed E-state index contributed by atoms with van der Waals surface area (Å²) in [7, 11) is 0. The molecule has 134 valence electrons. The lowest BCUT2D eigenvalue weighted by molar-refractivity contribution is 0.0473. The average Bonchev–Trinajstić information content (AvgIpc) is 2.95. The van der Waals surface area contributed by atoms with Crippen LogP contribution in [-0.2, 0) is 24.2 Å². The Kier molecular flexibility index (Phi) is 4.84. The quantitative estimate of drug-likeness (QED) is 0.503. The second-order valence-corrected chi connectivity index (χ2v) is 6.87. The molecular formula is C23H20N2O2. The van der Waals surface area contributed by atoms with E-state index in [1.54, 1.807) is 12.1 Å². The van der Waals surface area contributed by atoms with E-state index < -0.39 is 0 Å². The summed E-state index contributed by atoms with van der Waals surface area (Å²) in [5.41, 5.74) is 5.07. The predicted octanol–water partition coefficient (Wildman–Crippen LogP) is 4.73. The normalized spacial score (nSPS) is 13.4. The molecule has 1 aliphatic carbocycles. The molecule has 0 atom stereocenters. The first-order valence-electron chi connectivity index (χ1n) is 9.33. The number of nitrogens with zero attached hydrogens (tertiary/aromatic N) is 2. The minimum atomic E-state index is -0.295. The van der Waals surface area contributed by atoms with E-state index >= 15 is 0 Å². The highest BCUT2D eigenvalue weighted by Crippen LogP contribution is 2.29. The van der Waals surface area contributed by atoms with Gasteiger partial charge in [0.2, 0.25) is 0 Å². The van der Waals surface area contributed by atoms with Crippen LogP contribution in [0.4, 0.5) is 0 Å². The van der Waals surface area contributed by atoms with Crippen LogP contribution in [0.1, 0.15) is 52.0 Å². The summed E-state index contributed by atoms with van der Waals surface area (Å²) in [5, 5.41) is 9.75. The molecule has 0 saturated heterocycles. The van der Waals surface area contributed by atoms with Crippen molar-refractivity contribution in [3.8, 4) is 6.07 Å². The highest BCUT2D eigenvalue weighted by molar-refractivity contribution is 6.05. The van der Waals surface area contributed by atoms with E-state index in [0.717, 1.165) is 59.8 Å². The zero-order valence-corrected chi connectivity index (χ0v) is 15.1. The van der Waals surface area contributed by atoms with Crippen molar-refractivity contribution < 1.29 is 9.53 Å². The van der Waals surface area contributed by atoms with Crippen LogP contribution < -0.4 is 0 Å². The molecular weight excluding hydrogens is 336 g/mol. The molecule has 4 heteroatoms. The van der Waals surface area contributed by atoms with Crippen LogP contribution >= 0.6 is 0 Å². The molecule has 1 heterocycles. The van der Waals surface area contributed by atoms with Crippen molar-refractivity contribution in [3.05, 3.63) is 76.5 Å². The van der Waals surface area contributed by atoms with Gasteiger partial charge >= 0.3 is 5.97 Å². The zero-order chi connectivity index (χ0) is 18.6. The van der Waals surface area contributed by atoms with Crippen molar-refractivity contribution in [2.24, 2.45) is 0 Å². The van der Waals surface area contributed by atoms with E-state index in [9.17, 15) is 4.79 Å². The Labute approximate surface area is 158 Å². The highest BCUT2D eigenvalue weighted by Gasteiger charge is 2.22. The molecule has 0 aliphatic heterocycles. The van der Waals surface area contributed by atoms with Crippen LogP contribution in [-0.4, -0.2) is 11.0 Å². The van der Waals surface area contributed by atoms with Gasteiger partial charge in [0.05, 0.1) is 22.7 Å². The summed E-state index contributed by atoms with van der Waals surface area (Å²) in [4.78, 5) is 17.9. The van der Waals surface area contributed by atoms with Crippen LogP contribution in [0.3, 0.4) is 0 Å². The number of aryl methyl sites for hydroxylation is 1. The Bertz CT molecular complexity index is 1030. The van der Waals surface area contributed by atoms with Crippen molar-refractivity contribution in [2.75, 3.05) is 0 Å². The Balaban J connectivity index is 1.67. The van der Waals surface area contributed by atoms with Crippen LogP contribution in [0.5, 0.6) is 0 Å². The van der Waals surface area contributed by atoms with E-state index in [1.165, 1.54) is 0 Å². The molecule has 0 radical (unpaired) electrons. The number of benzene rings is 2. The smallest absolute Gasteiger partial charge is 0.339 e. The number of hydrogen-bond acceptors (Lipinski definition) is 4. The first-order chi connectivity index (χ1) is 13.3. The van der Waals surface area contributed by atoms with E-state index in [2.05, 4.69) is 6.07 Å². The number of hydrogen-bond donors (Lipinski definition) is 0. The number of esters is 1. The first-order valence-corrected chi connectivity index (χ1v) is 9.33. The largest absolute Gasteiger partial charge is 0.457 e. The van der Waals surface area contributed by atoms with Gasteiger partial charge in [0.15, 0.2) is 0 Å². The fourth-order valence-corrected chi connectivity index (χ4v) is 3.68. The van der Waals surface area contributed by atoms with Crippen LogP contribution in [0.2, 0.25) is 0 Å². The molecule has 1 aliphatic rings. The second-order valence-electron chi connectivity index (χ2n) is 6.87. The van der Waals surface area contributed by atoms with Gasteiger partial charge < -0.3 is 4.74 Å². The van der Waals surface area contributed by atoms with Crippen molar-refractivity contribution in [2.45, 2.75) is 38.7 Å². The maximum atomic E-state index is 13.0. The second kappa shape index (κ2) is 7.59. The molecule has 0 fully saturated rings. The molecule has 0 saturated carbocycles. The standard InChI is InChI=1S/C23H20N2O2/c24-14-16-10-12-17(13-11-16)15-27-23(26)22-18-6-2-1-3-8-20(18)25-21-9-5-4-7-19(21)22/h4-5,7,9-13H,1-3,6,8,15H2. The lowest BCUT2D eigenvalue weighted by Gasteiger charge is -2.15. The molecule has 0 bridgehead atoms. The number of carbonyl (C=O) groups excluding carboxylic acids is 1. The molecule has 4 rings (SSSR count). The minimum Gasteiger partial charge on any atom is -0.457 e. The SMILES string of the molecule is N#Cc1ccc(COC(=O)c2c3c(nc4ccccc24)CCCCC3)cc1. The van der Waals surface area contributed by atoms with Crippen LogP contribution in [0.25, 0.3) is 10.9 Å². The van der Waals surface area contributed by atoms with Gasteiger partial charge in [-0.15, -0.1) is 0 Å². The minimum absolute atomic E-state index is 0.190. The molecule has 27 heavy (non-hydrogen) atoms. The Morgan fingerprint density at radius 1 is 1.04 bits per heavy atom. The number of aromatic nitrogens is 1. The zero-order valence-electron chi connectivity index (χ0n) is 15.1. The Hall–Kier alpha value is -3.19. The van der Waals surface area contributed by atoms with Crippen molar-refractivity contribution in [3.63, 3.8) is 0 Å². The molecule has 1 aromatic heterocycles. The lowest BCUT2D eigenvalue weighted by Crippen LogP contribution is -2.12. The summed E-state index contributed by atoms with van der Waals surface area (Å²) < 4.78 is 5.65. The number of fused-ring (bicyclic) bond motifs is 2. The Morgan fingerprint density at radius 2 is 1.81 bits per heavy atom. The van der Waals surface area contributed by atoms with Crippen molar-refractivity contribution in [1.29, 1.82) is 5.26 Å². The number of para-hydroxylation sites is 1. The predicted molar refractivity (Wildman–Crippen MR) is 103 cm³/mol. The number of rotatable bonds is 3. The third-order valence-electron chi connectivity index (χ3n) is 5.08. The molecule has 2 aromatic carbocycles.